The van der Waals surface area contributed by atoms with Gasteiger partial charge in [-0.3, -0.25) is 14.3 Å². The first kappa shape index (κ1) is 41.5. The fourth-order valence-electron chi connectivity index (χ4n) is 4.01. The third-order valence-corrected chi connectivity index (χ3v) is 6.33. The van der Waals surface area contributed by atoms with Crippen LogP contribution in [0.1, 0.15) is 5.56 Å². The summed E-state index contributed by atoms with van der Waals surface area (Å²) in [5.41, 5.74) is 4.31. The fraction of sp³-hybridized carbons (Fsp3) is 0.310. The van der Waals surface area contributed by atoms with E-state index in [0.29, 0.717) is 0 Å². The molecule has 0 atom stereocenters. The second-order valence-corrected chi connectivity index (χ2v) is 9.85. The third-order valence-electron chi connectivity index (χ3n) is 6.33. The zero-order chi connectivity index (χ0) is 38.6. The summed E-state index contributed by atoms with van der Waals surface area (Å²) in [7, 11) is 1.71. The molecule has 0 amide bonds. The number of anilines is 1. The molecule has 1 aliphatic heterocycles. The molecule has 0 saturated carbocycles. The predicted octanol–water partition coefficient (Wildman–Crippen LogP) is 5.02. The number of carbonyl (C=O) groups is 3. The zero-order valence-corrected chi connectivity index (χ0v) is 25.9. The third kappa shape index (κ3) is 13.3. The molecule has 278 valence electrons. The van der Waals surface area contributed by atoms with Crippen LogP contribution in [0.4, 0.5) is 45.3 Å². The lowest BCUT2D eigenvalue weighted by Crippen LogP contribution is -2.46. The summed E-state index contributed by atoms with van der Waals surface area (Å²) in [6.07, 6.45) is -5.90. The largest absolute Gasteiger partial charge is 0.497 e. The van der Waals surface area contributed by atoms with Gasteiger partial charge >= 0.3 is 36.4 Å². The van der Waals surface area contributed by atoms with Gasteiger partial charge in [0.25, 0.3) is 0 Å². The number of methoxy groups -OCH3 is 1. The van der Waals surface area contributed by atoms with Crippen LogP contribution in [-0.4, -0.2) is 109 Å². The van der Waals surface area contributed by atoms with E-state index in [0.717, 1.165) is 61.2 Å². The van der Waals surface area contributed by atoms with Crippen molar-refractivity contribution in [3.8, 4) is 17.0 Å². The Morgan fingerprint density at radius 1 is 0.765 bits per heavy atom. The maximum absolute atomic E-state index is 10.6. The number of hydrogen-bond donors (Lipinski definition) is 3. The van der Waals surface area contributed by atoms with E-state index in [2.05, 4.69) is 41.3 Å². The molecule has 51 heavy (non-hydrogen) atoms. The maximum atomic E-state index is 10.6. The van der Waals surface area contributed by atoms with Gasteiger partial charge in [-0.25, -0.2) is 24.4 Å². The van der Waals surface area contributed by atoms with Crippen LogP contribution in [0.25, 0.3) is 16.9 Å². The number of rotatable bonds is 5. The molecule has 0 aliphatic carbocycles. The van der Waals surface area contributed by atoms with Gasteiger partial charge in [0.1, 0.15) is 5.75 Å². The fourth-order valence-corrected chi connectivity index (χ4v) is 4.01. The molecule has 0 spiro atoms. The van der Waals surface area contributed by atoms with Crippen molar-refractivity contribution in [3.63, 3.8) is 0 Å². The quantitative estimate of drug-likeness (QED) is 0.234. The summed E-state index contributed by atoms with van der Waals surface area (Å²) in [5.74, 6) is -6.42. The molecule has 1 fully saturated rings. The maximum Gasteiger partial charge on any atom is 0.490 e. The van der Waals surface area contributed by atoms with E-state index in [4.69, 9.17) is 34.4 Å². The highest BCUT2D eigenvalue weighted by atomic mass is 19.4. The van der Waals surface area contributed by atoms with Gasteiger partial charge in [-0.05, 0) is 29.8 Å². The number of imidazole rings is 1. The lowest BCUT2D eigenvalue weighted by atomic mass is 10.2. The van der Waals surface area contributed by atoms with Crippen molar-refractivity contribution in [1.29, 1.82) is 0 Å². The van der Waals surface area contributed by atoms with E-state index < -0.39 is 36.4 Å². The first-order chi connectivity index (χ1) is 23.6. The number of aromatic nitrogens is 4. The summed E-state index contributed by atoms with van der Waals surface area (Å²) >= 11 is 0. The number of nitrogens with zero attached hydrogens (tertiary/aromatic N) is 6. The van der Waals surface area contributed by atoms with Gasteiger partial charge in [0, 0.05) is 63.1 Å². The lowest BCUT2D eigenvalue weighted by molar-refractivity contribution is -0.193. The van der Waals surface area contributed by atoms with Crippen molar-refractivity contribution in [1.82, 2.24) is 24.3 Å². The van der Waals surface area contributed by atoms with Crippen molar-refractivity contribution in [3.05, 3.63) is 72.9 Å². The summed E-state index contributed by atoms with van der Waals surface area (Å²) in [4.78, 5) is 45.0. The summed E-state index contributed by atoms with van der Waals surface area (Å²) < 4.78 is 103. The van der Waals surface area contributed by atoms with Crippen LogP contribution in [0.2, 0.25) is 0 Å². The predicted molar refractivity (Wildman–Crippen MR) is 158 cm³/mol. The van der Waals surface area contributed by atoms with Gasteiger partial charge in [-0.1, -0.05) is 12.1 Å². The molecule has 3 N–H and O–H groups in total. The molecule has 0 unspecified atom stereocenters. The number of aliphatic carboxylic acids is 3. The lowest BCUT2D eigenvalue weighted by Gasteiger charge is -2.35. The number of carboxylic acid groups (broad SMARTS) is 3. The molecule has 1 aromatic carbocycles. The minimum Gasteiger partial charge on any atom is -0.497 e. The van der Waals surface area contributed by atoms with Crippen LogP contribution in [0, 0.1) is 0 Å². The highest BCUT2D eigenvalue weighted by molar-refractivity contribution is 5.74. The highest BCUT2D eigenvalue weighted by Gasteiger charge is 2.39. The Hall–Kier alpha value is -5.67. The van der Waals surface area contributed by atoms with E-state index in [9.17, 15) is 39.5 Å². The topological polar surface area (TPSA) is 171 Å². The van der Waals surface area contributed by atoms with Gasteiger partial charge < -0.3 is 25.0 Å². The van der Waals surface area contributed by atoms with Crippen molar-refractivity contribution in [2.75, 3.05) is 38.2 Å². The second kappa shape index (κ2) is 17.8. The molecular formula is C29H27F9N6O7. The first-order valence-corrected chi connectivity index (χ1v) is 13.9. The Morgan fingerprint density at radius 3 is 1.75 bits per heavy atom. The van der Waals surface area contributed by atoms with Crippen LogP contribution in [-0.2, 0) is 20.9 Å². The van der Waals surface area contributed by atoms with Gasteiger partial charge in [-0.2, -0.15) is 39.5 Å². The normalized spacial score (nSPS) is 13.4. The average Bonchev–Trinajstić information content (AvgIpc) is 3.50. The molecule has 13 nitrogen and oxygen atoms in total. The molecule has 5 rings (SSSR count). The number of alkyl halides is 9. The van der Waals surface area contributed by atoms with E-state index in [1.54, 1.807) is 19.5 Å². The van der Waals surface area contributed by atoms with E-state index in [1.807, 2.05) is 42.9 Å². The number of piperazine rings is 1. The molecule has 1 saturated heterocycles. The van der Waals surface area contributed by atoms with Crippen molar-refractivity contribution in [2.24, 2.45) is 0 Å². The number of carboxylic acids is 3. The van der Waals surface area contributed by atoms with E-state index in [1.165, 1.54) is 5.56 Å². The molecule has 3 aromatic heterocycles. The number of pyridine rings is 1. The van der Waals surface area contributed by atoms with Crippen molar-refractivity contribution in [2.45, 2.75) is 25.1 Å². The first-order valence-electron chi connectivity index (χ1n) is 13.9. The Morgan fingerprint density at radius 2 is 1.27 bits per heavy atom. The van der Waals surface area contributed by atoms with Gasteiger partial charge in [0.15, 0.2) is 11.5 Å². The summed E-state index contributed by atoms with van der Waals surface area (Å²) in [6.45, 7) is 4.75. The molecule has 0 radical (unpaired) electrons. The summed E-state index contributed by atoms with van der Waals surface area (Å²) in [5, 5.41) is 21.4. The number of ether oxygens (including phenoxy) is 1. The second-order valence-electron chi connectivity index (χ2n) is 9.85. The van der Waals surface area contributed by atoms with Crippen LogP contribution in [0.3, 0.4) is 0 Å². The van der Waals surface area contributed by atoms with E-state index >= 15 is 0 Å². The molecule has 1 aliphatic rings. The Balaban J connectivity index is 0.000000352. The summed E-state index contributed by atoms with van der Waals surface area (Å²) in [6, 6.07) is 12.3. The van der Waals surface area contributed by atoms with Crippen LogP contribution < -0.4 is 9.64 Å². The Bertz CT molecular complexity index is 1690. The monoisotopic (exact) mass is 742 g/mol. The van der Waals surface area contributed by atoms with Crippen LogP contribution in [0.5, 0.6) is 5.75 Å². The van der Waals surface area contributed by atoms with E-state index in [-0.39, 0.29) is 0 Å². The SMILES string of the molecule is COc1cccc(CN2CCN(c3nccn4c(-c5ccncc5)cnc34)CC2)c1.O=C(O)C(F)(F)F.O=C(O)C(F)(F)F.O=C(O)C(F)(F)F. The van der Waals surface area contributed by atoms with Gasteiger partial charge in [0.05, 0.1) is 19.0 Å². The molecule has 0 bridgehead atoms. The average molecular weight is 743 g/mol. The highest BCUT2D eigenvalue weighted by Crippen LogP contribution is 2.26. The number of benzene rings is 1. The zero-order valence-electron chi connectivity index (χ0n) is 25.9. The van der Waals surface area contributed by atoms with Crippen LogP contribution >= 0.6 is 0 Å². The number of halogens is 9. The standard InChI is InChI=1S/C23H24N6O.3C2HF3O2/c1-30-20-4-2-3-18(15-20)17-27-11-13-28(14-12-27)22-23-26-16-21(29(23)10-9-25-22)19-5-7-24-8-6-19;3*3-2(4,5)1(6)7/h2-10,15-16H,11-14,17H2,1H3;3*(H,6,7). The van der Waals surface area contributed by atoms with Crippen molar-refractivity contribution >= 4 is 29.4 Å². The molecule has 22 heteroatoms. The number of hydrogen-bond acceptors (Lipinski definition) is 9. The van der Waals surface area contributed by atoms with Crippen molar-refractivity contribution < 1.29 is 74.0 Å². The molecule has 4 aromatic rings. The smallest absolute Gasteiger partial charge is 0.490 e. The molecular weight excluding hydrogens is 715 g/mol. The van der Waals surface area contributed by atoms with Crippen LogP contribution in [0.15, 0.2) is 67.4 Å². The van der Waals surface area contributed by atoms with Gasteiger partial charge in [-0.15, -0.1) is 0 Å². The Labute approximate surface area is 281 Å². The minimum absolute atomic E-state index is 0.894. The van der Waals surface area contributed by atoms with Gasteiger partial charge in [0.2, 0.25) is 0 Å². The number of fused-ring (bicyclic) bond motifs is 1. The minimum atomic E-state index is -5.08. The molecule has 4 heterocycles. The Kier molecular flexibility index (Phi) is 14.5.